The normalized spacial score (nSPS) is 11.0. The van der Waals surface area contributed by atoms with Gasteiger partial charge in [0.05, 0.1) is 12.4 Å². The van der Waals surface area contributed by atoms with Crippen LogP contribution in [0.4, 0.5) is 4.39 Å². The van der Waals surface area contributed by atoms with Crippen LogP contribution in [0, 0.1) is 12.9 Å². The molecule has 0 aliphatic carbocycles. The molecular formula is C18H14FN5O. The molecule has 4 rings (SSSR count). The number of fused-ring (bicyclic) bond motifs is 1. The molecule has 0 atom stereocenters. The highest BCUT2D eigenvalue weighted by Crippen LogP contribution is 2.20. The van der Waals surface area contributed by atoms with E-state index in [9.17, 15) is 4.39 Å². The Morgan fingerprint density at radius 3 is 2.88 bits per heavy atom. The van der Waals surface area contributed by atoms with Crippen LogP contribution < -0.4 is 4.74 Å². The predicted octanol–water partition coefficient (Wildman–Crippen LogP) is 3.21. The van der Waals surface area contributed by atoms with Gasteiger partial charge in [0.2, 0.25) is 5.95 Å². The van der Waals surface area contributed by atoms with Crippen molar-refractivity contribution in [3.8, 4) is 17.0 Å². The van der Waals surface area contributed by atoms with Crippen molar-refractivity contribution < 1.29 is 9.13 Å². The zero-order chi connectivity index (χ0) is 17.2. The first-order valence-electron chi connectivity index (χ1n) is 7.71. The minimum Gasteiger partial charge on any atom is -0.487 e. The Morgan fingerprint density at radius 2 is 2.04 bits per heavy atom. The van der Waals surface area contributed by atoms with E-state index in [0.29, 0.717) is 17.2 Å². The topological polar surface area (TPSA) is 65.2 Å². The number of aryl methyl sites for hydroxylation is 1. The first-order chi connectivity index (χ1) is 12.2. The summed E-state index contributed by atoms with van der Waals surface area (Å²) in [5, 5.41) is 4.56. The van der Waals surface area contributed by atoms with Crippen molar-refractivity contribution in [2.75, 3.05) is 0 Å². The number of hydrogen-bond donors (Lipinski definition) is 0. The molecule has 0 fully saturated rings. The summed E-state index contributed by atoms with van der Waals surface area (Å²) in [5.74, 6) is 0.293. The van der Waals surface area contributed by atoms with Gasteiger partial charge in [0.1, 0.15) is 23.7 Å². The van der Waals surface area contributed by atoms with E-state index in [4.69, 9.17) is 4.74 Å². The van der Waals surface area contributed by atoms with Gasteiger partial charge >= 0.3 is 0 Å². The van der Waals surface area contributed by atoms with Crippen molar-refractivity contribution in [2.45, 2.75) is 13.5 Å². The summed E-state index contributed by atoms with van der Waals surface area (Å²) < 4.78 is 20.2. The van der Waals surface area contributed by atoms with E-state index in [0.717, 1.165) is 16.8 Å². The van der Waals surface area contributed by atoms with Crippen LogP contribution >= 0.6 is 0 Å². The highest BCUT2D eigenvalue weighted by Gasteiger charge is 2.09. The third kappa shape index (κ3) is 3.16. The Kier molecular flexibility index (Phi) is 3.81. The SMILES string of the molecule is Cc1ccccc1-c1cnc2nc(COc3ccnc(F)c3)cn2n1. The molecule has 0 radical (unpaired) electrons. The molecule has 0 saturated carbocycles. The maximum atomic E-state index is 13.1. The van der Waals surface area contributed by atoms with Gasteiger partial charge in [-0.25, -0.2) is 19.5 Å². The zero-order valence-corrected chi connectivity index (χ0v) is 13.4. The lowest BCUT2D eigenvalue weighted by Crippen LogP contribution is -1.97. The minimum atomic E-state index is -0.585. The summed E-state index contributed by atoms with van der Waals surface area (Å²) in [5.41, 5.74) is 3.57. The summed E-state index contributed by atoms with van der Waals surface area (Å²) in [7, 11) is 0. The van der Waals surface area contributed by atoms with Crippen molar-refractivity contribution in [2.24, 2.45) is 0 Å². The summed E-state index contributed by atoms with van der Waals surface area (Å²) in [6, 6.07) is 10.8. The van der Waals surface area contributed by atoms with Crippen molar-refractivity contribution in [1.29, 1.82) is 0 Å². The van der Waals surface area contributed by atoms with E-state index >= 15 is 0 Å². The first kappa shape index (κ1) is 15.2. The molecule has 3 heterocycles. The van der Waals surface area contributed by atoms with Crippen LogP contribution in [0.1, 0.15) is 11.3 Å². The van der Waals surface area contributed by atoms with E-state index in [2.05, 4.69) is 20.1 Å². The summed E-state index contributed by atoms with van der Waals surface area (Å²) in [6.45, 7) is 2.22. The molecule has 0 aliphatic rings. The number of halogens is 1. The third-order valence-corrected chi connectivity index (χ3v) is 3.74. The number of imidazole rings is 1. The highest BCUT2D eigenvalue weighted by atomic mass is 19.1. The van der Waals surface area contributed by atoms with Gasteiger partial charge < -0.3 is 4.74 Å². The molecule has 4 aromatic rings. The van der Waals surface area contributed by atoms with E-state index < -0.39 is 5.95 Å². The van der Waals surface area contributed by atoms with Gasteiger partial charge in [-0.1, -0.05) is 24.3 Å². The van der Waals surface area contributed by atoms with Crippen LogP contribution in [-0.4, -0.2) is 24.6 Å². The lowest BCUT2D eigenvalue weighted by atomic mass is 10.1. The summed E-state index contributed by atoms with van der Waals surface area (Å²) in [4.78, 5) is 12.2. The van der Waals surface area contributed by atoms with Crippen LogP contribution in [0.3, 0.4) is 0 Å². The quantitative estimate of drug-likeness (QED) is 0.536. The lowest BCUT2D eigenvalue weighted by Gasteiger charge is -2.04. The average Bonchev–Trinajstić information content (AvgIpc) is 3.02. The van der Waals surface area contributed by atoms with Gasteiger partial charge in [0.15, 0.2) is 0 Å². The van der Waals surface area contributed by atoms with E-state index in [1.807, 2.05) is 31.2 Å². The second kappa shape index (κ2) is 6.27. The molecule has 1 aromatic carbocycles. The van der Waals surface area contributed by atoms with Crippen LogP contribution in [0.25, 0.3) is 17.0 Å². The minimum absolute atomic E-state index is 0.189. The molecule has 0 bridgehead atoms. The molecule has 25 heavy (non-hydrogen) atoms. The fourth-order valence-corrected chi connectivity index (χ4v) is 2.51. The monoisotopic (exact) mass is 335 g/mol. The Hall–Kier alpha value is -3.35. The van der Waals surface area contributed by atoms with Gasteiger partial charge in [-0.2, -0.15) is 9.49 Å². The van der Waals surface area contributed by atoms with Crippen molar-refractivity contribution in [3.05, 3.63) is 72.2 Å². The molecule has 3 aromatic heterocycles. The Morgan fingerprint density at radius 1 is 1.16 bits per heavy atom. The molecule has 0 amide bonds. The standard InChI is InChI=1S/C18H14FN5O/c1-12-4-2-3-5-15(12)16-9-21-18-22-13(10-24(18)23-16)11-25-14-6-7-20-17(19)8-14/h2-10H,11H2,1H3. The van der Waals surface area contributed by atoms with Crippen LogP contribution in [0.15, 0.2) is 55.0 Å². The molecule has 6 nitrogen and oxygen atoms in total. The molecule has 0 spiro atoms. The Labute approximate surface area is 143 Å². The van der Waals surface area contributed by atoms with Gasteiger partial charge in [0, 0.05) is 17.8 Å². The third-order valence-electron chi connectivity index (χ3n) is 3.74. The Balaban J connectivity index is 1.59. The fourth-order valence-electron chi connectivity index (χ4n) is 2.51. The van der Waals surface area contributed by atoms with Crippen LogP contribution in [0.5, 0.6) is 5.75 Å². The van der Waals surface area contributed by atoms with Gasteiger partial charge in [-0.05, 0) is 18.6 Å². The van der Waals surface area contributed by atoms with E-state index in [1.54, 1.807) is 23.0 Å². The second-order valence-electron chi connectivity index (χ2n) is 5.54. The van der Waals surface area contributed by atoms with Crippen molar-refractivity contribution in [1.82, 2.24) is 24.6 Å². The van der Waals surface area contributed by atoms with Crippen LogP contribution in [-0.2, 0) is 6.61 Å². The Bertz CT molecular complexity index is 1050. The van der Waals surface area contributed by atoms with Gasteiger partial charge in [-0.3, -0.25) is 0 Å². The second-order valence-corrected chi connectivity index (χ2v) is 5.54. The van der Waals surface area contributed by atoms with E-state index in [-0.39, 0.29) is 6.61 Å². The maximum absolute atomic E-state index is 13.1. The van der Waals surface area contributed by atoms with E-state index in [1.165, 1.54) is 12.3 Å². The molecule has 0 aliphatic heterocycles. The molecule has 0 N–H and O–H groups in total. The number of benzene rings is 1. The number of ether oxygens (including phenoxy) is 1. The largest absolute Gasteiger partial charge is 0.487 e. The number of rotatable bonds is 4. The number of aromatic nitrogens is 5. The average molecular weight is 335 g/mol. The summed E-state index contributed by atoms with van der Waals surface area (Å²) >= 11 is 0. The number of hydrogen-bond acceptors (Lipinski definition) is 5. The predicted molar refractivity (Wildman–Crippen MR) is 89.5 cm³/mol. The molecule has 0 saturated heterocycles. The molecule has 124 valence electrons. The highest BCUT2D eigenvalue weighted by molar-refractivity contribution is 5.62. The number of nitrogens with zero attached hydrogens (tertiary/aromatic N) is 5. The van der Waals surface area contributed by atoms with Gasteiger partial charge in [0.25, 0.3) is 5.78 Å². The van der Waals surface area contributed by atoms with Gasteiger partial charge in [-0.15, -0.1) is 0 Å². The first-order valence-corrected chi connectivity index (χ1v) is 7.71. The molecule has 0 unspecified atom stereocenters. The lowest BCUT2D eigenvalue weighted by molar-refractivity contribution is 0.299. The maximum Gasteiger partial charge on any atom is 0.251 e. The van der Waals surface area contributed by atoms with Crippen molar-refractivity contribution in [3.63, 3.8) is 0 Å². The summed E-state index contributed by atoms with van der Waals surface area (Å²) in [6.07, 6.45) is 4.81. The molecular weight excluding hydrogens is 321 g/mol. The fraction of sp³-hybridized carbons (Fsp3) is 0.111. The smallest absolute Gasteiger partial charge is 0.251 e. The van der Waals surface area contributed by atoms with Crippen LogP contribution in [0.2, 0.25) is 0 Å². The van der Waals surface area contributed by atoms with Crippen molar-refractivity contribution >= 4 is 5.78 Å². The molecule has 7 heteroatoms. The zero-order valence-electron chi connectivity index (χ0n) is 13.4. The number of pyridine rings is 1.